The quantitative estimate of drug-likeness (QED) is 0.752. The Morgan fingerprint density at radius 1 is 1.31 bits per heavy atom. The van der Waals surface area contributed by atoms with E-state index in [2.05, 4.69) is 4.98 Å². The molecule has 13 heavy (non-hydrogen) atoms. The van der Waals surface area contributed by atoms with Crippen molar-refractivity contribution in [3.05, 3.63) is 39.4 Å². The summed E-state index contributed by atoms with van der Waals surface area (Å²) in [6.45, 7) is 0. The van der Waals surface area contributed by atoms with E-state index in [-0.39, 0.29) is 0 Å². The number of aromatic nitrogens is 1. The van der Waals surface area contributed by atoms with E-state index in [4.69, 9.17) is 16.0 Å². The summed E-state index contributed by atoms with van der Waals surface area (Å²) < 4.78 is 5.71. The minimum atomic E-state index is 0.618. The molecule has 2 nitrogen and oxygen atoms in total. The number of hydrogen-bond donors (Lipinski definition) is 0. The third-order valence-electron chi connectivity index (χ3n) is 1.63. The highest BCUT2D eigenvalue weighted by molar-refractivity contribution is 14.1. The molecule has 0 unspecified atom stereocenters. The van der Waals surface area contributed by atoms with Gasteiger partial charge in [0.2, 0.25) is 0 Å². The van der Waals surface area contributed by atoms with Crippen LogP contribution in [0.2, 0.25) is 5.02 Å². The Balaban J connectivity index is 2.52. The van der Waals surface area contributed by atoms with E-state index in [0.717, 1.165) is 11.3 Å². The molecular formula is C9H5ClINO. The lowest BCUT2D eigenvalue weighted by Crippen LogP contribution is -1.78. The van der Waals surface area contributed by atoms with Crippen LogP contribution in [0.3, 0.4) is 0 Å². The van der Waals surface area contributed by atoms with Crippen LogP contribution < -0.4 is 0 Å². The molecule has 0 saturated heterocycles. The van der Waals surface area contributed by atoms with Crippen LogP contribution in [0.5, 0.6) is 0 Å². The van der Waals surface area contributed by atoms with Crippen LogP contribution in [0, 0.1) is 3.90 Å². The van der Waals surface area contributed by atoms with Gasteiger partial charge in [0.15, 0.2) is 0 Å². The molecule has 0 N–H and O–H groups in total. The van der Waals surface area contributed by atoms with Crippen molar-refractivity contribution in [3.63, 3.8) is 0 Å². The predicted molar refractivity (Wildman–Crippen MR) is 59.7 cm³/mol. The van der Waals surface area contributed by atoms with Crippen molar-refractivity contribution in [2.24, 2.45) is 0 Å². The molecule has 0 saturated carbocycles. The first-order valence-electron chi connectivity index (χ1n) is 3.63. The molecule has 0 aliphatic carbocycles. The fourth-order valence-corrected chi connectivity index (χ4v) is 1.66. The summed E-state index contributed by atoms with van der Waals surface area (Å²) in [5.41, 5.74) is 1.67. The molecule has 0 fully saturated rings. The van der Waals surface area contributed by atoms with Crippen molar-refractivity contribution in [1.29, 1.82) is 0 Å². The molecule has 66 valence electrons. The Morgan fingerprint density at radius 3 is 2.69 bits per heavy atom. The zero-order valence-electron chi connectivity index (χ0n) is 6.50. The summed E-state index contributed by atoms with van der Waals surface area (Å²) in [6.07, 6.45) is 1.60. The second-order valence-electron chi connectivity index (χ2n) is 2.47. The molecule has 0 radical (unpaired) electrons. The average Bonchev–Trinajstić information content (AvgIpc) is 2.53. The van der Waals surface area contributed by atoms with Crippen molar-refractivity contribution < 1.29 is 4.42 Å². The summed E-state index contributed by atoms with van der Waals surface area (Å²) in [7, 11) is 0. The lowest BCUT2D eigenvalue weighted by atomic mass is 10.2. The molecule has 2 rings (SSSR count). The Hall–Kier alpha value is -0.550. The second-order valence-corrected chi connectivity index (χ2v) is 3.80. The van der Waals surface area contributed by atoms with E-state index in [0.29, 0.717) is 8.92 Å². The van der Waals surface area contributed by atoms with E-state index < -0.39 is 0 Å². The minimum absolute atomic E-state index is 0.618. The number of hydrogen-bond acceptors (Lipinski definition) is 2. The van der Waals surface area contributed by atoms with Gasteiger partial charge in [0, 0.05) is 28.2 Å². The molecule has 1 aromatic carbocycles. The summed E-state index contributed by atoms with van der Waals surface area (Å²) in [6, 6.07) is 7.55. The van der Waals surface area contributed by atoms with Gasteiger partial charge in [-0.15, -0.1) is 0 Å². The Kier molecular flexibility index (Phi) is 2.55. The van der Waals surface area contributed by atoms with Gasteiger partial charge < -0.3 is 4.42 Å². The van der Waals surface area contributed by atoms with Crippen molar-refractivity contribution in [1.82, 2.24) is 4.98 Å². The predicted octanol–water partition coefficient (Wildman–Crippen LogP) is 3.60. The first-order chi connectivity index (χ1) is 6.27. The van der Waals surface area contributed by atoms with Gasteiger partial charge in [0.25, 0.3) is 3.90 Å². The monoisotopic (exact) mass is 305 g/mol. The van der Waals surface area contributed by atoms with Crippen LogP contribution in [0.4, 0.5) is 0 Å². The molecule has 0 aliphatic rings. The normalized spacial score (nSPS) is 10.3. The number of oxazole rings is 1. The van der Waals surface area contributed by atoms with Gasteiger partial charge in [-0.05, 0) is 6.07 Å². The summed E-state index contributed by atoms with van der Waals surface area (Å²) in [5, 5.41) is 0.687. The molecule has 4 heteroatoms. The molecular weight excluding hydrogens is 300 g/mol. The summed E-state index contributed by atoms with van der Waals surface area (Å²) >= 11 is 8.00. The van der Waals surface area contributed by atoms with Crippen LogP contribution in [0.1, 0.15) is 0 Å². The van der Waals surface area contributed by atoms with Gasteiger partial charge in [-0.25, -0.2) is 4.98 Å². The van der Waals surface area contributed by atoms with Crippen LogP contribution in [0.25, 0.3) is 11.3 Å². The fraction of sp³-hybridized carbons (Fsp3) is 0. The number of benzene rings is 1. The van der Waals surface area contributed by atoms with Gasteiger partial charge in [-0.1, -0.05) is 29.8 Å². The lowest BCUT2D eigenvalue weighted by molar-refractivity contribution is 0.525. The second kappa shape index (κ2) is 3.67. The first-order valence-corrected chi connectivity index (χ1v) is 5.09. The zero-order chi connectivity index (χ0) is 9.26. The number of halogens is 2. The van der Waals surface area contributed by atoms with E-state index in [9.17, 15) is 0 Å². The van der Waals surface area contributed by atoms with Gasteiger partial charge in [-0.2, -0.15) is 0 Å². The average molecular weight is 306 g/mol. The zero-order valence-corrected chi connectivity index (χ0v) is 9.41. The maximum atomic E-state index is 5.98. The maximum absolute atomic E-state index is 5.98. The molecule has 1 aromatic heterocycles. The van der Waals surface area contributed by atoms with Crippen molar-refractivity contribution in [2.75, 3.05) is 0 Å². The Morgan fingerprint density at radius 2 is 2.08 bits per heavy atom. The van der Waals surface area contributed by atoms with Crippen LogP contribution in [-0.2, 0) is 0 Å². The highest BCUT2D eigenvalue weighted by Gasteiger charge is 2.06. The largest absolute Gasteiger partial charge is 0.440 e. The van der Waals surface area contributed by atoms with E-state index in [1.165, 1.54) is 0 Å². The molecule has 0 bridgehead atoms. The summed E-state index contributed by atoms with van der Waals surface area (Å²) in [5.74, 6) is 0. The van der Waals surface area contributed by atoms with Crippen molar-refractivity contribution in [2.45, 2.75) is 0 Å². The highest BCUT2D eigenvalue weighted by Crippen LogP contribution is 2.26. The van der Waals surface area contributed by atoms with Gasteiger partial charge in [0.1, 0.15) is 12.0 Å². The van der Waals surface area contributed by atoms with Crippen LogP contribution in [0.15, 0.2) is 34.9 Å². The SMILES string of the molecule is Clc1ccccc1-c1coc(I)n1. The van der Waals surface area contributed by atoms with E-state index >= 15 is 0 Å². The number of rotatable bonds is 1. The molecule has 0 aliphatic heterocycles. The molecule has 2 aromatic rings. The smallest absolute Gasteiger partial charge is 0.257 e. The Labute approximate surface area is 94.1 Å². The molecule has 0 amide bonds. The third-order valence-corrected chi connectivity index (χ3v) is 2.45. The minimum Gasteiger partial charge on any atom is -0.440 e. The van der Waals surface area contributed by atoms with E-state index in [1.54, 1.807) is 6.26 Å². The Bertz CT molecular complexity index is 427. The fourth-order valence-electron chi connectivity index (χ4n) is 1.04. The maximum Gasteiger partial charge on any atom is 0.257 e. The van der Waals surface area contributed by atoms with E-state index in [1.807, 2.05) is 46.9 Å². The molecule has 1 heterocycles. The lowest BCUT2D eigenvalue weighted by Gasteiger charge is -1.96. The standard InChI is InChI=1S/C9H5ClINO/c10-7-4-2-1-3-6(7)8-5-13-9(11)12-8/h1-5H. The van der Waals surface area contributed by atoms with Crippen molar-refractivity contribution >= 4 is 34.2 Å². The van der Waals surface area contributed by atoms with Gasteiger partial charge in [0.05, 0.1) is 5.02 Å². The molecule has 0 spiro atoms. The van der Waals surface area contributed by atoms with Gasteiger partial charge in [-0.3, -0.25) is 0 Å². The van der Waals surface area contributed by atoms with Crippen molar-refractivity contribution in [3.8, 4) is 11.3 Å². The topological polar surface area (TPSA) is 26.0 Å². The molecule has 0 atom stereocenters. The number of nitrogens with zero attached hydrogens (tertiary/aromatic N) is 1. The summed E-state index contributed by atoms with van der Waals surface area (Å²) in [4.78, 5) is 4.18. The highest BCUT2D eigenvalue weighted by atomic mass is 127. The van der Waals surface area contributed by atoms with Crippen LogP contribution in [-0.4, -0.2) is 4.98 Å². The van der Waals surface area contributed by atoms with Crippen LogP contribution >= 0.6 is 34.2 Å². The third kappa shape index (κ3) is 1.86. The van der Waals surface area contributed by atoms with Gasteiger partial charge >= 0.3 is 0 Å². The first kappa shape index (κ1) is 9.02.